The van der Waals surface area contributed by atoms with E-state index in [0.717, 1.165) is 28.1 Å². The lowest BCUT2D eigenvalue weighted by Gasteiger charge is -2.36. The van der Waals surface area contributed by atoms with E-state index in [9.17, 15) is 19.7 Å². The zero-order chi connectivity index (χ0) is 24.3. The van der Waals surface area contributed by atoms with Crippen LogP contribution >= 0.6 is 11.8 Å². The molecule has 3 unspecified atom stereocenters. The minimum Gasteiger partial charge on any atom is -0.324 e. The van der Waals surface area contributed by atoms with Crippen molar-refractivity contribution < 1.29 is 14.5 Å². The number of aromatic nitrogens is 1. The highest BCUT2D eigenvalue weighted by atomic mass is 32.2. The molecule has 2 aromatic carbocycles. The molecule has 6 rings (SSSR count). The van der Waals surface area contributed by atoms with Crippen LogP contribution in [0.3, 0.4) is 0 Å². The predicted octanol–water partition coefficient (Wildman–Crippen LogP) is 4.12. The van der Waals surface area contributed by atoms with Crippen molar-refractivity contribution in [2.75, 3.05) is 16.9 Å². The van der Waals surface area contributed by atoms with Crippen LogP contribution < -0.4 is 5.32 Å². The summed E-state index contributed by atoms with van der Waals surface area (Å²) in [6, 6.07) is 15.7. The van der Waals surface area contributed by atoms with E-state index in [1.54, 1.807) is 48.4 Å². The predicted molar refractivity (Wildman–Crippen MR) is 132 cm³/mol. The van der Waals surface area contributed by atoms with Crippen molar-refractivity contribution in [1.29, 1.82) is 0 Å². The number of carbonyl (C=O) groups is 2. The number of nitrogens with one attached hydrogen (secondary N) is 1. The molecule has 8 nitrogen and oxygen atoms in total. The molecular weight excluding hydrogens is 464 g/mol. The number of carbonyl (C=O) groups excluding carboxylic acids is 2. The summed E-state index contributed by atoms with van der Waals surface area (Å²) >= 11 is 1.74. The Morgan fingerprint density at radius 3 is 2.74 bits per heavy atom. The largest absolute Gasteiger partial charge is 0.324 e. The third kappa shape index (κ3) is 3.08. The molecule has 3 aliphatic rings. The Hall–Kier alpha value is -3.56. The molecule has 3 aliphatic heterocycles. The van der Waals surface area contributed by atoms with Gasteiger partial charge in [0.05, 0.1) is 10.8 Å². The molecule has 3 aromatic rings. The molecule has 9 heteroatoms. The number of fused-ring (bicyclic) bond motifs is 4. The number of hydrogen-bond acceptors (Lipinski definition) is 7. The number of nitrogens with zero attached hydrogens (tertiary/aromatic N) is 3. The number of thioether (sulfide) groups is 1. The van der Waals surface area contributed by atoms with E-state index in [2.05, 4.69) is 15.2 Å². The fourth-order valence-corrected chi connectivity index (χ4v) is 7.40. The van der Waals surface area contributed by atoms with Crippen molar-refractivity contribution in [3.8, 4) is 0 Å². The Bertz CT molecular complexity index is 1360. The molecule has 0 radical (unpaired) electrons. The maximum atomic E-state index is 14.3. The number of nitro groups is 1. The van der Waals surface area contributed by atoms with Crippen LogP contribution in [0.25, 0.3) is 0 Å². The third-order valence-corrected chi connectivity index (χ3v) is 8.53. The van der Waals surface area contributed by atoms with E-state index in [1.807, 2.05) is 25.1 Å². The van der Waals surface area contributed by atoms with Crippen molar-refractivity contribution in [3.63, 3.8) is 0 Å². The molecule has 0 saturated carbocycles. The Labute approximate surface area is 205 Å². The van der Waals surface area contributed by atoms with Gasteiger partial charge in [0, 0.05) is 64.9 Å². The van der Waals surface area contributed by atoms with E-state index < -0.39 is 16.4 Å². The van der Waals surface area contributed by atoms with Gasteiger partial charge in [0.15, 0.2) is 5.78 Å². The van der Waals surface area contributed by atoms with Gasteiger partial charge in [-0.2, -0.15) is 0 Å². The summed E-state index contributed by atoms with van der Waals surface area (Å²) in [4.78, 5) is 45.4. The highest BCUT2D eigenvalue weighted by Crippen LogP contribution is 2.61. The highest BCUT2D eigenvalue weighted by Gasteiger charge is 2.69. The standard InChI is InChI=1S/C26H22N4O4S/c1-15-4-9-20-19(11-15)26(25(32)28-20)23(24(31)17-3-2-10-27-12-17)22(21-13-35-14-29(21)26)16-5-7-18(8-6-16)30(33)34/h2-12,21-23H,13-14H2,1H3,(H,28,32)/t21?,22?,23?,26-/m1/s1. The van der Waals surface area contributed by atoms with E-state index >= 15 is 0 Å². The van der Waals surface area contributed by atoms with Crippen LogP contribution in [-0.4, -0.2) is 44.2 Å². The normalized spacial score (nSPS) is 27.0. The number of rotatable bonds is 4. The number of ketones is 1. The number of aryl methyl sites for hydroxylation is 1. The van der Waals surface area contributed by atoms with E-state index in [1.165, 1.54) is 12.1 Å². The number of nitro benzene ring substituents is 1. The molecule has 1 spiro atoms. The Morgan fingerprint density at radius 2 is 2.03 bits per heavy atom. The highest BCUT2D eigenvalue weighted by molar-refractivity contribution is 7.99. The van der Waals surface area contributed by atoms with Crippen molar-refractivity contribution in [3.05, 3.63) is 99.4 Å². The monoisotopic (exact) mass is 486 g/mol. The molecular formula is C26H22N4O4S. The molecule has 1 amide bonds. The van der Waals surface area contributed by atoms with Gasteiger partial charge in [-0.25, -0.2) is 0 Å². The molecule has 35 heavy (non-hydrogen) atoms. The van der Waals surface area contributed by atoms with Crippen molar-refractivity contribution >= 4 is 34.8 Å². The zero-order valence-electron chi connectivity index (χ0n) is 18.9. The fraction of sp³-hybridized carbons (Fsp3) is 0.269. The van der Waals surface area contributed by atoms with Crippen LogP contribution in [0.5, 0.6) is 0 Å². The average Bonchev–Trinajstić information content (AvgIpc) is 3.53. The third-order valence-electron chi connectivity index (χ3n) is 7.49. The molecule has 4 atom stereocenters. The van der Waals surface area contributed by atoms with Gasteiger partial charge in [-0.3, -0.25) is 29.6 Å². The van der Waals surface area contributed by atoms with Gasteiger partial charge in [-0.1, -0.05) is 29.8 Å². The summed E-state index contributed by atoms with van der Waals surface area (Å²) < 4.78 is 0. The van der Waals surface area contributed by atoms with E-state index in [-0.39, 0.29) is 29.3 Å². The topological polar surface area (TPSA) is 105 Å². The Morgan fingerprint density at radius 1 is 1.23 bits per heavy atom. The first kappa shape index (κ1) is 21.9. The van der Waals surface area contributed by atoms with Crippen LogP contribution in [0, 0.1) is 23.0 Å². The fourth-order valence-electron chi connectivity index (χ4n) is 6.07. The number of non-ortho nitro benzene ring substituents is 1. The summed E-state index contributed by atoms with van der Waals surface area (Å²) in [5.74, 6) is -0.0131. The number of anilines is 1. The number of Topliss-reactive ketones (excluding diaryl/α,β-unsaturated/α-hetero) is 1. The Balaban J connectivity index is 1.60. The minimum absolute atomic E-state index is 0.00571. The second-order valence-electron chi connectivity index (χ2n) is 9.26. The lowest BCUT2D eigenvalue weighted by Crippen LogP contribution is -2.52. The second-order valence-corrected chi connectivity index (χ2v) is 10.3. The number of pyridine rings is 1. The molecule has 1 aromatic heterocycles. The van der Waals surface area contributed by atoms with Crippen LogP contribution in [0.2, 0.25) is 0 Å². The van der Waals surface area contributed by atoms with Gasteiger partial charge in [0.2, 0.25) is 5.91 Å². The maximum absolute atomic E-state index is 14.3. The number of hydrogen-bond donors (Lipinski definition) is 1. The maximum Gasteiger partial charge on any atom is 0.269 e. The molecule has 0 bridgehead atoms. The minimum atomic E-state index is -1.17. The lowest BCUT2D eigenvalue weighted by atomic mass is 9.69. The second kappa shape index (κ2) is 8.00. The van der Waals surface area contributed by atoms with Crippen LogP contribution in [-0.2, 0) is 10.3 Å². The smallest absolute Gasteiger partial charge is 0.269 e. The van der Waals surface area contributed by atoms with Crippen molar-refractivity contribution in [1.82, 2.24) is 9.88 Å². The van der Waals surface area contributed by atoms with Crippen LogP contribution in [0.1, 0.15) is 33.0 Å². The van der Waals surface area contributed by atoms with Gasteiger partial charge in [0.1, 0.15) is 5.54 Å². The Kier molecular flexibility index (Phi) is 5.01. The summed E-state index contributed by atoms with van der Waals surface area (Å²) in [5.41, 5.74) is 2.65. The quantitative estimate of drug-likeness (QED) is 0.336. The molecule has 176 valence electrons. The molecule has 1 N–H and O–H groups in total. The molecule has 4 heterocycles. The van der Waals surface area contributed by atoms with Gasteiger partial charge in [0.25, 0.3) is 5.69 Å². The van der Waals surface area contributed by atoms with Gasteiger partial charge >= 0.3 is 0 Å². The SMILES string of the molecule is Cc1ccc2c(c1)[C@]1(C(=O)N2)C(C(=O)c2cccnc2)C(c2ccc([N+](=O)[O-])cc2)C2CSCN21. The summed E-state index contributed by atoms with van der Waals surface area (Å²) in [6.07, 6.45) is 3.16. The van der Waals surface area contributed by atoms with Gasteiger partial charge < -0.3 is 5.32 Å². The molecule has 0 aliphatic carbocycles. The zero-order valence-corrected chi connectivity index (χ0v) is 19.7. The summed E-state index contributed by atoms with van der Waals surface area (Å²) in [6.45, 7) is 1.98. The first-order valence-corrected chi connectivity index (χ1v) is 12.5. The van der Waals surface area contributed by atoms with Crippen LogP contribution in [0.15, 0.2) is 67.0 Å². The van der Waals surface area contributed by atoms with Crippen molar-refractivity contribution in [2.45, 2.75) is 24.4 Å². The lowest BCUT2D eigenvalue weighted by molar-refractivity contribution is -0.384. The summed E-state index contributed by atoms with van der Waals surface area (Å²) in [5, 5.41) is 14.3. The van der Waals surface area contributed by atoms with E-state index in [4.69, 9.17) is 0 Å². The first-order valence-electron chi connectivity index (χ1n) is 11.4. The van der Waals surface area contributed by atoms with E-state index in [0.29, 0.717) is 11.4 Å². The van der Waals surface area contributed by atoms with Crippen LogP contribution in [0.4, 0.5) is 11.4 Å². The van der Waals surface area contributed by atoms with Crippen molar-refractivity contribution in [2.24, 2.45) is 5.92 Å². The van der Waals surface area contributed by atoms with Gasteiger partial charge in [-0.05, 0) is 30.7 Å². The number of amides is 1. The number of benzene rings is 2. The van der Waals surface area contributed by atoms with Gasteiger partial charge in [-0.15, -0.1) is 11.8 Å². The summed E-state index contributed by atoms with van der Waals surface area (Å²) in [7, 11) is 0. The molecule has 2 fully saturated rings. The first-order chi connectivity index (χ1) is 16.9. The average molecular weight is 487 g/mol. The molecule has 2 saturated heterocycles.